The van der Waals surface area contributed by atoms with Gasteiger partial charge in [-0.25, -0.2) is 9.37 Å². The Morgan fingerprint density at radius 3 is 2.50 bits per heavy atom. The molecule has 5 rings (SSSR count). The fourth-order valence-electron chi connectivity index (χ4n) is 4.36. The van der Waals surface area contributed by atoms with E-state index in [2.05, 4.69) is 10.2 Å². The fraction of sp³-hybridized carbons (Fsp3) is 0.269. The second-order valence-electron chi connectivity index (χ2n) is 8.53. The molecule has 2 aromatic carbocycles. The molecule has 1 aliphatic heterocycles. The first-order valence-electron chi connectivity index (χ1n) is 11.4. The van der Waals surface area contributed by atoms with Crippen LogP contribution >= 0.6 is 11.3 Å². The normalized spacial score (nSPS) is 14.4. The van der Waals surface area contributed by atoms with Crippen LogP contribution in [0.4, 0.5) is 10.3 Å². The number of anilines is 1. The van der Waals surface area contributed by atoms with Gasteiger partial charge in [-0.05, 0) is 47.5 Å². The largest absolute Gasteiger partial charge is 0.352 e. The van der Waals surface area contributed by atoms with Gasteiger partial charge in [0.05, 0.1) is 12.1 Å². The van der Waals surface area contributed by atoms with Crippen LogP contribution in [0.1, 0.15) is 24.0 Å². The fourth-order valence-corrected chi connectivity index (χ4v) is 5.14. The number of nitrogens with zero attached hydrogens (tertiary/aromatic N) is 3. The van der Waals surface area contributed by atoms with E-state index in [0.29, 0.717) is 55.2 Å². The van der Waals surface area contributed by atoms with Crippen molar-refractivity contribution < 1.29 is 9.18 Å². The molecule has 0 bridgehead atoms. The lowest BCUT2D eigenvalue weighted by molar-refractivity contribution is -0.125. The molecule has 0 radical (unpaired) electrons. The van der Waals surface area contributed by atoms with Gasteiger partial charge in [-0.1, -0.05) is 42.5 Å². The number of thiophene rings is 1. The number of hydrogen-bond acceptors (Lipinski definition) is 5. The molecule has 4 aromatic rings. The van der Waals surface area contributed by atoms with Gasteiger partial charge in [0.1, 0.15) is 10.5 Å². The molecule has 1 saturated heterocycles. The Morgan fingerprint density at radius 1 is 1.03 bits per heavy atom. The lowest BCUT2D eigenvalue weighted by Crippen LogP contribution is -2.42. The molecule has 1 fully saturated rings. The van der Waals surface area contributed by atoms with Crippen LogP contribution in [0.5, 0.6) is 0 Å². The maximum absolute atomic E-state index is 13.4. The highest BCUT2D eigenvalue weighted by Crippen LogP contribution is 2.25. The van der Waals surface area contributed by atoms with E-state index in [4.69, 9.17) is 4.98 Å². The van der Waals surface area contributed by atoms with Crippen LogP contribution < -0.4 is 15.8 Å². The molecule has 1 amide bonds. The Labute approximate surface area is 200 Å². The van der Waals surface area contributed by atoms with E-state index in [1.807, 2.05) is 41.8 Å². The highest BCUT2D eigenvalue weighted by Gasteiger charge is 2.27. The summed E-state index contributed by atoms with van der Waals surface area (Å²) >= 11 is 1.38. The van der Waals surface area contributed by atoms with E-state index in [1.54, 1.807) is 16.7 Å². The number of hydrogen-bond donors (Lipinski definition) is 1. The van der Waals surface area contributed by atoms with Gasteiger partial charge in [-0.2, -0.15) is 0 Å². The van der Waals surface area contributed by atoms with Crippen LogP contribution in [-0.2, 0) is 17.9 Å². The van der Waals surface area contributed by atoms with E-state index in [0.717, 1.165) is 11.1 Å². The number of nitrogens with one attached hydrogen (secondary N) is 1. The highest BCUT2D eigenvalue weighted by atomic mass is 32.1. The summed E-state index contributed by atoms with van der Waals surface area (Å²) in [6, 6.07) is 17.9. The molecule has 0 aliphatic carbocycles. The van der Waals surface area contributed by atoms with Gasteiger partial charge in [0, 0.05) is 25.6 Å². The van der Waals surface area contributed by atoms with Gasteiger partial charge in [0.25, 0.3) is 5.56 Å². The summed E-state index contributed by atoms with van der Waals surface area (Å²) in [6.45, 7) is 2.10. The smallest absolute Gasteiger partial charge is 0.273 e. The molecule has 8 heteroatoms. The number of carbonyl (C=O) groups excluding carboxylic acids is 1. The van der Waals surface area contributed by atoms with Crippen LogP contribution in [0.2, 0.25) is 0 Å². The van der Waals surface area contributed by atoms with Crippen molar-refractivity contribution in [1.82, 2.24) is 14.9 Å². The molecular weight excluding hydrogens is 451 g/mol. The zero-order valence-electron chi connectivity index (χ0n) is 18.6. The minimum absolute atomic E-state index is 0.0634. The summed E-state index contributed by atoms with van der Waals surface area (Å²) in [4.78, 5) is 32.9. The number of halogens is 1. The summed E-state index contributed by atoms with van der Waals surface area (Å²) < 4.78 is 15.7. The lowest BCUT2D eigenvalue weighted by Gasteiger charge is -2.33. The van der Waals surface area contributed by atoms with Crippen molar-refractivity contribution in [3.05, 3.63) is 93.3 Å². The molecule has 1 N–H and O–H groups in total. The number of piperidine rings is 1. The van der Waals surface area contributed by atoms with Crippen molar-refractivity contribution in [1.29, 1.82) is 0 Å². The molecule has 1 aliphatic rings. The van der Waals surface area contributed by atoms with Gasteiger partial charge in [-0.3, -0.25) is 14.2 Å². The first-order chi connectivity index (χ1) is 16.6. The van der Waals surface area contributed by atoms with E-state index in [9.17, 15) is 14.0 Å². The Hall–Kier alpha value is -3.52. The zero-order valence-corrected chi connectivity index (χ0v) is 19.4. The SMILES string of the molecule is O=C(NCc1ccccc1)C1CCN(c2nc3ccsc3c(=O)n2Cc2ccc(F)cc2)CC1. The third-order valence-electron chi connectivity index (χ3n) is 6.26. The second kappa shape index (κ2) is 9.77. The van der Waals surface area contributed by atoms with Crippen molar-refractivity contribution >= 4 is 33.4 Å². The first kappa shape index (κ1) is 22.3. The Kier molecular flexibility index (Phi) is 6.40. The number of carbonyl (C=O) groups is 1. The van der Waals surface area contributed by atoms with Crippen LogP contribution in [0.3, 0.4) is 0 Å². The Bertz CT molecular complexity index is 1340. The predicted octanol–water partition coefficient (Wildman–Crippen LogP) is 4.18. The molecule has 34 heavy (non-hydrogen) atoms. The van der Waals surface area contributed by atoms with Gasteiger partial charge in [0.2, 0.25) is 11.9 Å². The molecular formula is C26H25FN4O2S. The molecule has 6 nitrogen and oxygen atoms in total. The van der Waals surface area contributed by atoms with E-state index < -0.39 is 0 Å². The first-order valence-corrected chi connectivity index (χ1v) is 12.3. The van der Waals surface area contributed by atoms with E-state index >= 15 is 0 Å². The molecule has 174 valence electrons. The van der Waals surface area contributed by atoms with Crippen molar-refractivity contribution in [2.75, 3.05) is 18.0 Å². The highest BCUT2D eigenvalue weighted by molar-refractivity contribution is 7.17. The quantitative estimate of drug-likeness (QED) is 0.453. The molecule has 0 saturated carbocycles. The van der Waals surface area contributed by atoms with Gasteiger partial charge >= 0.3 is 0 Å². The summed E-state index contributed by atoms with van der Waals surface area (Å²) in [7, 11) is 0. The monoisotopic (exact) mass is 476 g/mol. The molecule has 0 spiro atoms. The summed E-state index contributed by atoms with van der Waals surface area (Å²) in [5.74, 6) is 0.287. The molecule has 0 atom stereocenters. The summed E-state index contributed by atoms with van der Waals surface area (Å²) in [6.07, 6.45) is 1.38. The second-order valence-corrected chi connectivity index (χ2v) is 9.45. The average molecular weight is 477 g/mol. The van der Waals surface area contributed by atoms with E-state index in [-0.39, 0.29) is 23.2 Å². The van der Waals surface area contributed by atoms with Crippen LogP contribution in [0.15, 0.2) is 70.8 Å². The molecule has 0 unspecified atom stereocenters. The number of rotatable bonds is 6. The molecule has 3 heterocycles. The Morgan fingerprint density at radius 2 is 1.76 bits per heavy atom. The number of aromatic nitrogens is 2. The summed E-state index contributed by atoms with van der Waals surface area (Å²) in [5.41, 5.74) is 2.49. The van der Waals surface area contributed by atoms with Gasteiger partial charge in [-0.15, -0.1) is 11.3 Å². The van der Waals surface area contributed by atoms with E-state index in [1.165, 1.54) is 23.5 Å². The number of fused-ring (bicyclic) bond motifs is 1. The van der Waals surface area contributed by atoms with Crippen molar-refractivity contribution in [3.8, 4) is 0 Å². The predicted molar refractivity (Wildman–Crippen MR) is 133 cm³/mol. The van der Waals surface area contributed by atoms with Crippen LogP contribution in [0, 0.1) is 11.7 Å². The Balaban J connectivity index is 1.32. The lowest BCUT2D eigenvalue weighted by atomic mass is 9.96. The minimum atomic E-state index is -0.309. The maximum atomic E-state index is 13.4. The van der Waals surface area contributed by atoms with Gasteiger partial charge in [0.15, 0.2) is 0 Å². The van der Waals surface area contributed by atoms with Crippen molar-refractivity contribution in [2.45, 2.75) is 25.9 Å². The summed E-state index contributed by atoms with van der Waals surface area (Å²) in [5, 5.41) is 4.91. The third-order valence-corrected chi connectivity index (χ3v) is 7.15. The average Bonchev–Trinajstić information content (AvgIpc) is 3.35. The van der Waals surface area contributed by atoms with Crippen LogP contribution in [0.25, 0.3) is 10.2 Å². The number of benzene rings is 2. The number of amides is 1. The standard InChI is InChI=1S/C26H25FN4O2S/c27-21-8-6-19(7-9-21)17-31-25(33)23-22(12-15-34-23)29-26(31)30-13-10-20(11-14-30)24(32)28-16-18-4-2-1-3-5-18/h1-9,12,15,20H,10-11,13-14,16-17H2,(H,28,32). The maximum Gasteiger partial charge on any atom is 0.273 e. The topological polar surface area (TPSA) is 67.2 Å². The third kappa shape index (κ3) is 4.72. The van der Waals surface area contributed by atoms with Crippen molar-refractivity contribution in [3.63, 3.8) is 0 Å². The molecule has 2 aromatic heterocycles. The zero-order chi connectivity index (χ0) is 23.5. The minimum Gasteiger partial charge on any atom is -0.352 e. The van der Waals surface area contributed by atoms with Gasteiger partial charge < -0.3 is 10.2 Å². The van der Waals surface area contributed by atoms with Crippen LogP contribution in [-0.4, -0.2) is 28.5 Å². The van der Waals surface area contributed by atoms with Crippen molar-refractivity contribution in [2.24, 2.45) is 5.92 Å².